The summed E-state index contributed by atoms with van der Waals surface area (Å²) in [6.07, 6.45) is 0. The Labute approximate surface area is 135 Å². The second kappa shape index (κ2) is 6.83. The molecule has 0 radical (unpaired) electrons. The van der Waals surface area contributed by atoms with Crippen molar-refractivity contribution in [2.45, 2.75) is 6.92 Å². The maximum atomic E-state index is 11.8. The predicted octanol–water partition coefficient (Wildman–Crippen LogP) is 4.13. The first kappa shape index (κ1) is 15.7. The molecule has 0 aliphatic carbocycles. The Hall–Kier alpha value is -1.72. The summed E-state index contributed by atoms with van der Waals surface area (Å²) < 4.78 is 5.87. The van der Waals surface area contributed by atoms with Crippen molar-refractivity contribution in [1.29, 1.82) is 0 Å². The van der Waals surface area contributed by atoms with Gasteiger partial charge in [-0.05, 0) is 52.7 Å². The number of phenols is 1. The van der Waals surface area contributed by atoms with Crippen molar-refractivity contribution in [2.75, 3.05) is 11.9 Å². The van der Waals surface area contributed by atoms with Crippen LogP contribution in [-0.4, -0.2) is 17.6 Å². The number of ether oxygens (including phenoxy) is 1. The normalized spacial score (nSPS) is 10.2. The topological polar surface area (TPSA) is 58.6 Å². The minimum absolute atomic E-state index is 0.152. The van der Waals surface area contributed by atoms with Gasteiger partial charge in [0.25, 0.3) is 5.91 Å². The molecule has 0 aliphatic heterocycles. The summed E-state index contributed by atoms with van der Waals surface area (Å²) in [7, 11) is 0. The first-order valence-electron chi connectivity index (χ1n) is 6.13. The number of amides is 1. The number of hydrogen-bond acceptors (Lipinski definition) is 3. The molecule has 6 heteroatoms. The van der Waals surface area contributed by atoms with Crippen molar-refractivity contribution in [2.24, 2.45) is 0 Å². The lowest BCUT2D eigenvalue weighted by Crippen LogP contribution is -2.20. The van der Waals surface area contributed by atoms with Crippen molar-refractivity contribution in [3.05, 3.63) is 51.5 Å². The molecule has 0 atom stereocenters. The van der Waals surface area contributed by atoms with E-state index in [0.717, 1.165) is 0 Å². The molecule has 0 spiro atoms. The number of phenolic OH excluding ortho intramolecular Hbond substituents is 1. The van der Waals surface area contributed by atoms with Crippen molar-refractivity contribution in [3.63, 3.8) is 0 Å². The SMILES string of the molecule is Cc1cc(NC(=O)COc2ccccc2Cl)cc(Br)c1O. The Kier molecular flexibility index (Phi) is 5.09. The summed E-state index contributed by atoms with van der Waals surface area (Å²) >= 11 is 9.16. The zero-order chi connectivity index (χ0) is 15.4. The number of aromatic hydroxyl groups is 1. The van der Waals surface area contributed by atoms with Gasteiger partial charge in [0, 0.05) is 5.69 Å². The van der Waals surface area contributed by atoms with E-state index in [1.54, 1.807) is 43.3 Å². The van der Waals surface area contributed by atoms with Crippen LogP contribution in [0.25, 0.3) is 0 Å². The van der Waals surface area contributed by atoms with Crippen LogP contribution in [0.4, 0.5) is 5.69 Å². The van der Waals surface area contributed by atoms with Gasteiger partial charge in [0.1, 0.15) is 11.5 Å². The van der Waals surface area contributed by atoms with Crippen LogP contribution >= 0.6 is 27.5 Å². The molecule has 0 aliphatic rings. The highest BCUT2D eigenvalue weighted by Crippen LogP contribution is 2.31. The van der Waals surface area contributed by atoms with Crippen LogP contribution in [0.3, 0.4) is 0 Å². The number of rotatable bonds is 4. The third kappa shape index (κ3) is 4.12. The molecule has 110 valence electrons. The van der Waals surface area contributed by atoms with Gasteiger partial charge >= 0.3 is 0 Å². The predicted molar refractivity (Wildman–Crippen MR) is 86.1 cm³/mol. The second-order valence-corrected chi connectivity index (χ2v) is 5.65. The summed E-state index contributed by atoms with van der Waals surface area (Å²) in [5.74, 6) is 0.296. The van der Waals surface area contributed by atoms with Crippen molar-refractivity contribution >= 4 is 39.1 Å². The van der Waals surface area contributed by atoms with Gasteiger partial charge in [-0.15, -0.1) is 0 Å². The smallest absolute Gasteiger partial charge is 0.262 e. The van der Waals surface area contributed by atoms with Crippen LogP contribution in [0.5, 0.6) is 11.5 Å². The summed E-state index contributed by atoms with van der Waals surface area (Å²) in [6, 6.07) is 10.2. The van der Waals surface area contributed by atoms with Gasteiger partial charge < -0.3 is 15.2 Å². The molecule has 0 fully saturated rings. The average molecular weight is 371 g/mol. The van der Waals surface area contributed by atoms with Gasteiger partial charge in [0.15, 0.2) is 6.61 Å². The second-order valence-electron chi connectivity index (χ2n) is 4.39. The van der Waals surface area contributed by atoms with Gasteiger partial charge in [0.2, 0.25) is 0 Å². The highest BCUT2D eigenvalue weighted by molar-refractivity contribution is 9.10. The molecule has 4 nitrogen and oxygen atoms in total. The van der Waals surface area contributed by atoms with E-state index in [-0.39, 0.29) is 18.3 Å². The molecule has 2 aromatic rings. The van der Waals surface area contributed by atoms with Gasteiger partial charge in [0.05, 0.1) is 9.50 Å². The Morgan fingerprint density at radius 3 is 2.76 bits per heavy atom. The molecule has 0 bridgehead atoms. The molecule has 21 heavy (non-hydrogen) atoms. The number of anilines is 1. The number of nitrogens with one attached hydrogen (secondary N) is 1. The zero-order valence-corrected chi connectivity index (χ0v) is 13.5. The summed E-state index contributed by atoms with van der Waals surface area (Å²) in [5.41, 5.74) is 1.23. The van der Waals surface area contributed by atoms with Crippen LogP contribution in [0, 0.1) is 6.92 Å². The van der Waals surface area contributed by atoms with E-state index in [9.17, 15) is 9.90 Å². The summed E-state index contributed by atoms with van der Waals surface area (Å²) in [5, 5.41) is 12.8. The molecule has 2 aromatic carbocycles. The fourth-order valence-electron chi connectivity index (χ4n) is 1.71. The first-order valence-corrected chi connectivity index (χ1v) is 7.31. The fraction of sp³-hybridized carbons (Fsp3) is 0.133. The lowest BCUT2D eigenvalue weighted by molar-refractivity contribution is -0.118. The van der Waals surface area contributed by atoms with Gasteiger partial charge in [-0.3, -0.25) is 4.79 Å². The zero-order valence-electron chi connectivity index (χ0n) is 11.2. The molecule has 0 heterocycles. The molecule has 2 rings (SSSR count). The first-order chi connectivity index (χ1) is 9.97. The van der Waals surface area contributed by atoms with Gasteiger partial charge in [-0.1, -0.05) is 23.7 Å². The number of carbonyl (C=O) groups is 1. The number of para-hydroxylation sites is 1. The quantitative estimate of drug-likeness (QED) is 0.796. The number of benzene rings is 2. The van der Waals surface area contributed by atoms with E-state index >= 15 is 0 Å². The lowest BCUT2D eigenvalue weighted by Gasteiger charge is -2.10. The van der Waals surface area contributed by atoms with Crippen molar-refractivity contribution in [1.82, 2.24) is 0 Å². The van der Waals surface area contributed by atoms with E-state index in [4.69, 9.17) is 16.3 Å². The highest BCUT2D eigenvalue weighted by Gasteiger charge is 2.09. The summed E-state index contributed by atoms with van der Waals surface area (Å²) in [4.78, 5) is 11.8. The van der Waals surface area contributed by atoms with Crippen LogP contribution in [-0.2, 0) is 4.79 Å². The minimum atomic E-state index is -0.313. The lowest BCUT2D eigenvalue weighted by atomic mass is 10.2. The Morgan fingerprint density at radius 2 is 2.10 bits per heavy atom. The Balaban J connectivity index is 1.98. The molecule has 0 saturated heterocycles. The molecule has 1 amide bonds. The standard InChI is InChI=1S/C15H13BrClNO3/c1-9-6-10(7-11(16)15(9)20)18-14(19)8-21-13-5-3-2-4-12(13)17/h2-7,20H,8H2,1H3,(H,18,19). The highest BCUT2D eigenvalue weighted by atomic mass is 79.9. The van der Waals surface area contributed by atoms with E-state index in [1.807, 2.05) is 0 Å². The summed E-state index contributed by atoms with van der Waals surface area (Å²) in [6.45, 7) is 1.59. The van der Waals surface area contributed by atoms with E-state index in [1.165, 1.54) is 0 Å². The molecule has 0 unspecified atom stereocenters. The van der Waals surface area contributed by atoms with Crippen LogP contribution in [0.1, 0.15) is 5.56 Å². The minimum Gasteiger partial charge on any atom is -0.506 e. The van der Waals surface area contributed by atoms with Gasteiger partial charge in [-0.25, -0.2) is 0 Å². The molecule has 0 aromatic heterocycles. The monoisotopic (exact) mass is 369 g/mol. The molecule has 0 saturated carbocycles. The Bertz CT molecular complexity index is 653. The maximum absolute atomic E-state index is 11.8. The third-order valence-electron chi connectivity index (χ3n) is 2.73. The molecular formula is C15H13BrClNO3. The van der Waals surface area contributed by atoms with E-state index < -0.39 is 0 Å². The number of aryl methyl sites for hydroxylation is 1. The van der Waals surface area contributed by atoms with Crippen molar-refractivity contribution < 1.29 is 14.6 Å². The molecular weight excluding hydrogens is 358 g/mol. The fourth-order valence-corrected chi connectivity index (χ4v) is 2.46. The van der Waals surface area contributed by atoms with Crippen LogP contribution in [0.2, 0.25) is 5.02 Å². The number of carbonyl (C=O) groups excluding carboxylic acids is 1. The molecule has 2 N–H and O–H groups in total. The Morgan fingerprint density at radius 1 is 1.38 bits per heavy atom. The van der Waals surface area contributed by atoms with Crippen LogP contribution < -0.4 is 10.1 Å². The van der Waals surface area contributed by atoms with E-state index in [0.29, 0.717) is 26.5 Å². The number of hydrogen-bond donors (Lipinski definition) is 2. The average Bonchev–Trinajstić information content (AvgIpc) is 2.44. The van der Waals surface area contributed by atoms with Gasteiger partial charge in [-0.2, -0.15) is 0 Å². The van der Waals surface area contributed by atoms with Crippen LogP contribution in [0.15, 0.2) is 40.9 Å². The van der Waals surface area contributed by atoms with E-state index in [2.05, 4.69) is 21.2 Å². The number of halogens is 2. The third-order valence-corrected chi connectivity index (χ3v) is 3.65. The van der Waals surface area contributed by atoms with Crippen molar-refractivity contribution in [3.8, 4) is 11.5 Å². The maximum Gasteiger partial charge on any atom is 0.262 e. The largest absolute Gasteiger partial charge is 0.506 e.